The van der Waals surface area contributed by atoms with Gasteiger partial charge < -0.3 is 15.0 Å². The number of imide groups is 1. The molecule has 2 aliphatic heterocycles. The number of para-hydroxylation sites is 2. The Hall–Kier alpha value is -3.68. The highest BCUT2D eigenvalue weighted by Gasteiger charge is 2.35. The van der Waals surface area contributed by atoms with Crippen LogP contribution in [0.2, 0.25) is 0 Å². The van der Waals surface area contributed by atoms with Gasteiger partial charge in [0.25, 0.3) is 11.8 Å². The lowest BCUT2D eigenvalue weighted by atomic mass is 9.98. The average Bonchev–Trinajstić information content (AvgIpc) is 2.77. The summed E-state index contributed by atoms with van der Waals surface area (Å²) in [5.74, 6) is -0.901. The zero-order valence-corrected chi connectivity index (χ0v) is 16.5. The van der Waals surface area contributed by atoms with Gasteiger partial charge in [0, 0.05) is 25.6 Å². The zero-order valence-electron chi connectivity index (χ0n) is 16.5. The number of anilines is 1. The number of fused-ring (bicyclic) bond motifs is 2. The molecule has 0 bridgehead atoms. The summed E-state index contributed by atoms with van der Waals surface area (Å²) in [5.41, 5.74) is 1.75. The number of benzene rings is 2. The first-order valence-electron chi connectivity index (χ1n) is 9.70. The van der Waals surface area contributed by atoms with E-state index in [0.29, 0.717) is 22.6 Å². The molecule has 2 heterocycles. The maximum Gasteiger partial charge on any atom is 0.262 e. The molecule has 0 aromatic heterocycles. The SMILES string of the molecule is CNC(=O)[C@@H]1CN(C(=O)CCN2C(=O)Cc3ccccc3C2=O)c2ccccc2O1. The van der Waals surface area contributed by atoms with Crippen LogP contribution in [0.3, 0.4) is 0 Å². The van der Waals surface area contributed by atoms with Gasteiger partial charge >= 0.3 is 0 Å². The van der Waals surface area contributed by atoms with E-state index >= 15 is 0 Å². The van der Waals surface area contributed by atoms with E-state index in [-0.39, 0.29) is 49.6 Å². The highest BCUT2D eigenvalue weighted by Crippen LogP contribution is 2.33. The fraction of sp³-hybridized carbons (Fsp3) is 0.273. The van der Waals surface area contributed by atoms with E-state index in [4.69, 9.17) is 4.74 Å². The van der Waals surface area contributed by atoms with E-state index in [2.05, 4.69) is 5.32 Å². The summed E-state index contributed by atoms with van der Waals surface area (Å²) in [6.45, 7) is 0.0369. The third kappa shape index (κ3) is 3.52. The molecule has 30 heavy (non-hydrogen) atoms. The molecule has 4 rings (SSSR count). The first-order chi connectivity index (χ1) is 14.5. The molecular weight excluding hydrogens is 386 g/mol. The summed E-state index contributed by atoms with van der Waals surface area (Å²) in [4.78, 5) is 52.8. The molecule has 1 atom stereocenters. The minimum absolute atomic E-state index is 0.0188. The van der Waals surface area contributed by atoms with Crippen LogP contribution in [0.15, 0.2) is 48.5 Å². The molecule has 2 aromatic rings. The van der Waals surface area contributed by atoms with Crippen LogP contribution in [0.25, 0.3) is 0 Å². The van der Waals surface area contributed by atoms with Gasteiger partial charge in [0.15, 0.2) is 6.10 Å². The van der Waals surface area contributed by atoms with Crippen molar-refractivity contribution in [1.82, 2.24) is 10.2 Å². The fourth-order valence-corrected chi connectivity index (χ4v) is 3.74. The molecule has 0 spiro atoms. The van der Waals surface area contributed by atoms with Crippen molar-refractivity contribution in [2.24, 2.45) is 0 Å². The van der Waals surface area contributed by atoms with Crippen LogP contribution in [0.4, 0.5) is 5.69 Å². The predicted molar refractivity (Wildman–Crippen MR) is 108 cm³/mol. The van der Waals surface area contributed by atoms with Crippen LogP contribution in [0.5, 0.6) is 5.75 Å². The number of carbonyl (C=O) groups is 4. The van der Waals surface area contributed by atoms with Crippen LogP contribution < -0.4 is 15.0 Å². The lowest BCUT2D eigenvalue weighted by Gasteiger charge is -2.34. The van der Waals surface area contributed by atoms with Gasteiger partial charge in [0.05, 0.1) is 18.7 Å². The van der Waals surface area contributed by atoms with Crippen molar-refractivity contribution in [3.8, 4) is 5.75 Å². The molecule has 0 unspecified atom stereocenters. The Kier molecular flexibility index (Phi) is 5.22. The Morgan fingerprint density at radius 2 is 1.83 bits per heavy atom. The standard InChI is InChI=1S/C22H21N3O5/c1-23-21(28)18-13-25(16-8-4-5-9-17(16)30-18)19(26)10-11-24-20(27)12-14-6-2-3-7-15(14)22(24)29/h2-9,18H,10-13H2,1H3,(H,23,28)/t18-/m0/s1. The van der Waals surface area contributed by atoms with Crippen molar-refractivity contribution in [3.05, 3.63) is 59.7 Å². The Labute approximate surface area is 173 Å². The van der Waals surface area contributed by atoms with Crippen LogP contribution in [-0.4, -0.2) is 54.8 Å². The summed E-state index contributed by atoms with van der Waals surface area (Å²) >= 11 is 0. The number of hydrogen-bond acceptors (Lipinski definition) is 5. The number of likely N-dealkylation sites (N-methyl/N-ethyl adjacent to an activating group) is 1. The van der Waals surface area contributed by atoms with Gasteiger partial charge in [-0.1, -0.05) is 30.3 Å². The maximum atomic E-state index is 13.0. The molecule has 8 heteroatoms. The van der Waals surface area contributed by atoms with Gasteiger partial charge in [0.1, 0.15) is 5.75 Å². The van der Waals surface area contributed by atoms with Crippen molar-refractivity contribution in [2.75, 3.05) is 25.0 Å². The number of amides is 4. The topological polar surface area (TPSA) is 96.0 Å². The largest absolute Gasteiger partial charge is 0.477 e. The molecule has 8 nitrogen and oxygen atoms in total. The summed E-state index contributed by atoms with van der Waals surface area (Å²) < 4.78 is 5.71. The Balaban J connectivity index is 1.50. The van der Waals surface area contributed by atoms with Crippen LogP contribution in [-0.2, 0) is 20.8 Å². The molecule has 4 amide bonds. The van der Waals surface area contributed by atoms with Crippen molar-refractivity contribution >= 4 is 29.3 Å². The second-order valence-electron chi connectivity index (χ2n) is 7.13. The quantitative estimate of drug-likeness (QED) is 0.767. The third-order valence-corrected chi connectivity index (χ3v) is 5.30. The number of nitrogens with one attached hydrogen (secondary N) is 1. The van der Waals surface area contributed by atoms with E-state index < -0.39 is 6.10 Å². The maximum absolute atomic E-state index is 13.0. The number of nitrogens with zero attached hydrogens (tertiary/aromatic N) is 2. The summed E-state index contributed by atoms with van der Waals surface area (Å²) in [6.07, 6.45) is -0.747. The van der Waals surface area contributed by atoms with Crippen LogP contribution >= 0.6 is 0 Å². The molecule has 154 valence electrons. The zero-order chi connectivity index (χ0) is 21.3. The number of rotatable bonds is 4. The minimum Gasteiger partial charge on any atom is -0.477 e. The number of carbonyl (C=O) groups excluding carboxylic acids is 4. The van der Waals surface area contributed by atoms with Crippen molar-refractivity contribution in [3.63, 3.8) is 0 Å². The van der Waals surface area contributed by atoms with E-state index in [0.717, 1.165) is 4.90 Å². The van der Waals surface area contributed by atoms with Crippen LogP contribution in [0.1, 0.15) is 22.3 Å². The van der Waals surface area contributed by atoms with Gasteiger partial charge in [-0.15, -0.1) is 0 Å². The smallest absolute Gasteiger partial charge is 0.262 e. The molecule has 0 fully saturated rings. The van der Waals surface area contributed by atoms with E-state index in [1.165, 1.54) is 11.9 Å². The van der Waals surface area contributed by atoms with E-state index in [9.17, 15) is 19.2 Å². The average molecular weight is 407 g/mol. The molecule has 0 saturated heterocycles. The number of ether oxygens (including phenoxy) is 1. The second kappa shape index (κ2) is 7.98. The predicted octanol–water partition coefficient (Wildman–Crippen LogP) is 1.14. The van der Waals surface area contributed by atoms with Crippen molar-refractivity contribution in [2.45, 2.75) is 18.9 Å². The van der Waals surface area contributed by atoms with Crippen molar-refractivity contribution < 1.29 is 23.9 Å². The van der Waals surface area contributed by atoms with E-state index in [1.54, 1.807) is 48.5 Å². The Bertz CT molecular complexity index is 1030. The Morgan fingerprint density at radius 3 is 2.63 bits per heavy atom. The van der Waals surface area contributed by atoms with E-state index in [1.807, 2.05) is 0 Å². The summed E-state index contributed by atoms with van der Waals surface area (Å²) in [5, 5.41) is 2.53. The monoisotopic (exact) mass is 407 g/mol. The molecule has 0 saturated carbocycles. The van der Waals surface area contributed by atoms with Gasteiger partial charge in [0.2, 0.25) is 11.8 Å². The molecule has 0 aliphatic carbocycles. The summed E-state index contributed by atoms with van der Waals surface area (Å²) in [7, 11) is 1.50. The fourth-order valence-electron chi connectivity index (χ4n) is 3.74. The number of hydrogen-bond donors (Lipinski definition) is 1. The van der Waals surface area contributed by atoms with Gasteiger partial charge in [-0.25, -0.2) is 0 Å². The normalized spacial score (nSPS) is 17.7. The molecule has 2 aliphatic rings. The first-order valence-corrected chi connectivity index (χ1v) is 9.70. The van der Waals surface area contributed by atoms with Crippen LogP contribution in [0, 0.1) is 0 Å². The minimum atomic E-state index is -0.834. The highest BCUT2D eigenvalue weighted by atomic mass is 16.5. The lowest BCUT2D eigenvalue weighted by molar-refractivity contribution is -0.128. The molecule has 2 aromatic carbocycles. The highest BCUT2D eigenvalue weighted by molar-refractivity contribution is 6.10. The van der Waals surface area contributed by atoms with Gasteiger partial charge in [-0.2, -0.15) is 0 Å². The summed E-state index contributed by atoms with van der Waals surface area (Å²) in [6, 6.07) is 14.0. The van der Waals surface area contributed by atoms with Gasteiger partial charge in [-0.3, -0.25) is 24.1 Å². The molecule has 1 N–H and O–H groups in total. The first kappa shape index (κ1) is 19.6. The van der Waals surface area contributed by atoms with Crippen molar-refractivity contribution in [1.29, 1.82) is 0 Å². The molecular formula is C22H21N3O5. The Morgan fingerprint density at radius 1 is 1.10 bits per heavy atom. The third-order valence-electron chi connectivity index (χ3n) is 5.30. The van der Waals surface area contributed by atoms with Gasteiger partial charge in [-0.05, 0) is 23.8 Å². The molecule has 0 radical (unpaired) electrons. The lowest BCUT2D eigenvalue weighted by Crippen LogP contribution is -2.51. The second-order valence-corrected chi connectivity index (χ2v) is 7.13.